The van der Waals surface area contributed by atoms with Gasteiger partial charge in [0, 0.05) is 12.1 Å². The van der Waals surface area contributed by atoms with E-state index in [0.29, 0.717) is 18.1 Å². The van der Waals surface area contributed by atoms with Crippen LogP contribution < -0.4 is 3.71 Å². The molecule has 0 N–H and O–H groups in total. The first kappa shape index (κ1) is 15.4. The molecule has 1 rings (SSSR count). The Labute approximate surface area is 110 Å². The molecule has 0 atom stereocenters. The average Bonchev–Trinajstić information content (AvgIpc) is 2.16. The van der Waals surface area contributed by atoms with Crippen LogP contribution in [0.5, 0.6) is 0 Å². The molecular formula is C9H12N2O6S2. The van der Waals surface area contributed by atoms with Gasteiger partial charge in [0.1, 0.15) is 0 Å². The third-order valence-corrected chi connectivity index (χ3v) is 5.43. The van der Waals surface area contributed by atoms with E-state index in [-0.39, 0.29) is 9.40 Å². The maximum absolute atomic E-state index is 11.6. The Morgan fingerprint density at radius 2 is 1.58 bits per heavy atom. The lowest BCUT2D eigenvalue weighted by Crippen LogP contribution is -2.35. The number of aryl methyl sites for hydroxylation is 1. The van der Waals surface area contributed by atoms with E-state index in [1.807, 2.05) is 0 Å². The molecule has 0 unspecified atom stereocenters. The molecule has 19 heavy (non-hydrogen) atoms. The van der Waals surface area contributed by atoms with Crippen LogP contribution in [0.3, 0.4) is 0 Å². The van der Waals surface area contributed by atoms with Crippen LogP contribution in [0.25, 0.3) is 0 Å². The van der Waals surface area contributed by atoms with Gasteiger partial charge in [-0.2, -0.15) is 3.71 Å². The molecule has 0 radical (unpaired) electrons. The third kappa shape index (κ3) is 3.41. The first-order chi connectivity index (χ1) is 8.44. The van der Waals surface area contributed by atoms with E-state index in [0.717, 1.165) is 6.07 Å². The van der Waals surface area contributed by atoms with Gasteiger partial charge in [-0.1, -0.05) is 6.07 Å². The fourth-order valence-electron chi connectivity index (χ4n) is 1.51. The second-order valence-corrected chi connectivity index (χ2v) is 7.84. The molecule has 0 aliphatic rings. The van der Waals surface area contributed by atoms with Crippen molar-refractivity contribution in [2.45, 2.75) is 6.92 Å². The summed E-state index contributed by atoms with van der Waals surface area (Å²) in [6, 6.07) is 3.37. The van der Waals surface area contributed by atoms with E-state index < -0.39 is 30.7 Å². The largest absolute Gasteiger partial charge is 0.271 e. The molecule has 0 fully saturated rings. The number of benzene rings is 1. The Bertz CT molecular complexity index is 691. The number of nitro groups is 1. The van der Waals surface area contributed by atoms with Crippen molar-refractivity contribution in [2.75, 3.05) is 16.2 Å². The van der Waals surface area contributed by atoms with Crippen molar-refractivity contribution in [1.29, 1.82) is 0 Å². The molecule has 1 aromatic carbocycles. The second-order valence-electron chi connectivity index (χ2n) is 3.95. The molecule has 1 aromatic rings. The van der Waals surface area contributed by atoms with Crippen LogP contribution in [0.1, 0.15) is 5.56 Å². The highest BCUT2D eigenvalue weighted by Gasteiger charge is 2.29. The molecule has 8 nitrogen and oxygen atoms in total. The molecule has 0 aliphatic heterocycles. The zero-order valence-electron chi connectivity index (χ0n) is 10.4. The van der Waals surface area contributed by atoms with E-state index in [9.17, 15) is 26.9 Å². The minimum atomic E-state index is -4.12. The molecule has 0 saturated heterocycles. The van der Waals surface area contributed by atoms with Crippen molar-refractivity contribution in [3.63, 3.8) is 0 Å². The van der Waals surface area contributed by atoms with Crippen LogP contribution in [0, 0.1) is 17.0 Å². The lowest BCUT2D eigenvalue weighted by atomic mass is 10.2. The SMILES string of the molecule is Cc1ccc([N+](=O)[O-])cc1N(S(C)(=O)=O)S(C)(=O)=O. The molecule has 0 saturated carbocycles. The zero-order valence-corrected chi connectivity index (χ0v) is 12.0. The lowest BCUT2D eigenvalue weighted by molar-refractivity contribution is -0.384. The maximum Gasteiger partial charge on any atom is 0.271 e. The molecule has 0 spiro atoms. The van der Waals surface area contributed by atoms with Crippen LogP contribution >= 0.6 is 0 Å². The summed E-state index contributed by atoms with van der Waals surface area (Å²) < 4.78 is 46.5. The topological polar surface area (TPSA) is 115 Å². The van der Waals surface area contributed by atoms with Crippen LogP contribution in [0.4, 0.5) is 11.4 Å². The Morgan fingerprint density at radius 1 is 1.11 bits per heavy atom. The third-order valence-electron chi connectivity index (χ3n) is 2.20. The normalized spacial score (nSPS) is 12.2. The van der Waals surface area contributed by atoms with Crippen molar-refractivity contribution < 1.29 is 21.8 Å². The van der Waals surface area contributed by atoms with Crippen LogP contribution in [0.15, 0.2) is 18.2 Å². The predicted molar refractivity (Wildman–Crippen MR) is 70.0 cm³/mol. The van der Waals surface area contributed by atoms with Gasteiger partial charge in [0.15, 0.2) is 0 Å². The number of nitro benzene ring substituents is 1. The molecular weight excluding hydrogens is 296 g/mol. The van der Waals surface area contributed by atoms with E-state index in [4.69, 9.17) is 0 Å². The van der Waals surface area contributed by atoms with Gasteiger partial charge in [0.05, 0.1) is 23.1 Å². The molecule has 106 valence electrons. The number of sulfonamides is 2. The van der Waals surface area contributed by atoms with E-state index in [1.165, 1.54) is 19.1 Å². The Kier molecular flexibility index (Phi) is 3.87. The van der Waals surface area contributed by atoms with Gasteiger partial charge < -0.3 is 0 Å². The number of hydrogen-bond donors (Lipinski definition) is 0. The standard InChI is InChI=1S/C9H12N2O6S2/c1-7-4-5-8(10(12)13)6-9(7)11(18(2,14)15)19(3,16)17/h4-6H,1-3H3. The van der Waals surface area contributed by atoms with Crippen molar-refractivity contribution in [3.8, 4) is 0 Å². The summed E-state index contributed by atoms with van der Waals surface area (Å²) in [4.78, 5) is 9.94. The highest BCUT2D eigenvalue weighted by molar-refractivity contribution is 8.09. The number of anilines is 1. The quantitative estimate of drug-likeness (QED) is 0.595. The predicted octanol–water partition coefficient (Wildman–Crippen LogP) is 0.629. The minimum absolute atomic E-state index is 0.183. The van der Waals surface area contributed by atoms with Gasteiger partial charge in [-0.3, -0.25) is 10.1 Å². The number of hydrogen-bond acceptors (Lipinski definition) is 6. The van der Waals surface area contributed by atoms with Crippen molar-refractivity contribution in [3.05, 3.63) is 33.9 Å². The van der Waals surface area contributed by atoms with Crippen molar-refractivity contribution in [1.82, 2.24) is 0 Å². The Hall–Kier alpha value is -1.68. The summed E-state index contributed by atoms with van der Waals surface area (Å²) in [7, 11) is -8.24. The highest BCUT2D eigenvalue weighted by Crippen LogP contribution is 2.29. The smallest absolute Gasteiger partial charge is 0.258 e. The molecule has 0 heterocycles. The van der Waals surface area contributed by atoms with Crippen molar-refractivity contribution >= 4 is 31.4 Å². The van der Waals surface area contributed by atoms with Crippen molar-refractivity contribution in [2.24, 2.45) is 0 Å². The zero-order chi connectivity index (χ0) is 15.0. The average molecular weight is 308 g/mol. The second kappa shape index (κ2) is 4.78. The summed E-state index contributed by atoms with van der Waals surface area (Å²) in [6.07, 6.45) is 1.43. The summed E-state index contributed by atoms with van der Waals surface area (Å²) in [6.45, 7) is 1.46. The first-order valence-electron chi connectivity index (χ1n) is 4.90. The first-order valence-corrected chi connectivity index (χ1v) is 8.60. The summed E-state index contributed by atoms with van der Waals surface area (Å²) >= 11 is 0. The molecule has 10 heteroatoms. The summed E-state index contributed by atoms with van der Waals surface area (Å²) in [5, 5.41) is 10.7. The van der Waals surface area contributed by atoms with Gasteiger partial charge in [-0.05, 0) is 12.5 Å². The maximum atomic E-state index is 11.6. The van der Waals surface area contributed by atoms with Crippen LogP contribution in [-0.2, 0) is 20.0 Å². The molecule has 0 bridgehead atoms. The number of nitrogens with zero attached hydrogens (tertiary/aromatic N) is 2. The Balaban J connectivity index is 3.66. The van der Waals surface area contributed by atoms with E-state index >= 15 is 0 Å². The lowest BCUT2D eigenvalue weighted by Gasteiger charge is -2.21. The van der Waals surface area contributed by atoms with Gasteiger partial charge in [0.2, 0.25) is 20.0 Å². The summed E-state index contributed by atoms with van der Waals surface area (Å²) in [5.41, 5.74) is -0.349. The fourth-order valence-corrected chi connectivity index (χ4v) is 4.59. The van der Waals surface area contributed by atoms with Gasteiger partial charge in [-0.15, -0.1) is 0 Å². The molecule has 0 aromatic heterocycles. The molecule has 0 aliphatic carbocycles. The summed E-state index contributed by atoms with van der Waals surface area (Å²) in [5.74, 6) is 0. The number of rotatable bonds is 4. The van der Waals surface area contributed by atoms with Crippen LogP contribution in [0.2, 0.25) is 0 Å². The Morgan fingerprint density at radius 3 is 1.95 bits per heavy atom. The van der Waals surface area contributed by atoms with Crippen LogP contribution in [-0.4, -0.2) is 34.3 Å². The van der Waals surface area contributed by atoms with Gasteiger partial charge in [-0.25, -0.2) is 16.8 Å². The monoisotopic (exact) mass is 308 g/mol. The minimum Gasteiger partial charge on any atom is -0.258 e. The molecule has 0 amide bonds. The number of non-ortho nitro benzene ring substituents is 1. The van der Waals surface area contributed by atoms with E-state index in [1.54, 1.807) is 0 Å². The highest BCUT2D eigenvalue weighted by atomic mass is 32.3. The fraction of sp³-hybridized carbons (Fsp3) is 0.333. The van der Waals surface area contributed by atoms with Gasteiger partial charge >= 0.3 is 0 Å². The van der Waals surface area contributed by atoms with E-state index in [2.05, 4.69) is 0 Å². The van der Waals surface area contributed by atoms with Gasteiger partial charge in [0.25, 0.3) is 5.69 Å².